The van der Waals surface area contributed by atoms with Gasteiger partial charge in [-0.2, -0.15) is 0 Å². The van der Waals surface area contributed by atoms with Crippen LogP contribution in [0.15, 0.2) is 164 Å². The lowest BCUT2D eigenvalue weighted by atomic mass is 9.92. The molecule has 224 valence electrons. The summed E-state index contributed by atoms with van der Waals surface area (Å²) in [6, 6.07) is 47.6. The summed E-state index contributed by atoms with van der Waals surface area (Å²) in [5.74, 6) is 0.404. The second-order valence-electron chi connectivity index (χ2n) is 11.5. The highest BCUT2D eigenvalue weighted by Gasteiger charge is 2.17. The fourth-order valence-electron chi connectivity index (χ4n) is 6.17. The molecule has 5 heteroatoms. The van der Waals surface area contributed by atoms with Gasteiger partial charge < -0.3 is 9.80 Å². The lowest BCUT2D eigenvalue weighted by Gasteiger charge is -2.27. The van der Waals surface area contributed by atoms with Crippen LogP contribution in [0.5, 0.6) is 0 Å². The molecule has 7 rings (SSSR count). The van der Waals surface area contributed by atoms with Crippen molar-refractivity contribution in [2.24, 2.45) is 0 Å². The number of rotatable bonds is 8. The molecule has 0 heterocycles. The molecule has 0 bridgehead atoms. The van der Waals surface area contributed by atoms with Gasteiger partial charge in [-0.3, -0.25) is 10.1 Å². The fraction of sp³-hybridized carbons (Fsp3) is 0.0732. The van der Waals surface area contributed by atoms with Gasteiger partial charge in [-0.25, -0.2) is 0 Å². The summed E-state index contributed by atoms with van der Waals surface area (Å²) >= 11 is 0. The van der Waals surface area contributed by atoms with Crippen LogP contribution < -0.4 is 9.80 Å². The Morgan fingerprint density at radius 2 is 1.28 bits per heavy atom. The Kier molecular flexibility index (Phi) is 7.88. The summed E-state index contributed by atoms with van der Waals surface area (Å²) in [6.45, 7) is 0. The Balaban J connectivity index is 1.20. The van der Waals surface area contributed by atoms with Crippen molar-refractivity contribution < 1.29 is 4.92 Å². The van der Waals surface area contributed by atoms with Crippen LogP contribution in [0.4, 0.5) is 34.1 Å². The molecular formula is C41H33N3O2. The van der Waals surface area contributed by atoms with Gasteiger partial charge in [0.05, 0.1) is 10.6 Å². The maximum Gasteiger partial charge on any atom is 0.271 e. The molecule has 0 aliphatic heterocycles. The van der Waals surface area contributed by atoms with Gasteiger partial charge in [-0.05, 0) is 77.0 Å². The molecule has 1 atom stereocenters. The minimum atomic E-state index is -0.368. The van der Waals surface area contributed by atoms with Gasteiger partial charge in [-0.15, -0.1) is 0 Å². The number of anilines is 5. The van der Waals surface area contributed by atoms with E-state index in [9.17, 15) is 10.1 Å². The molecule has 0 saturated heterocycles. The number of nitro groups is 1. The molecular weight excluding hydrogens is 566 g/mol. The molecule has 0 radical (unpaired) electrons. The minimum absolute atomic E-state index is 0.0772. The van der Waals surface area contributed by atoms with E-state index in [1.807, 2.05) is 30.1 Å². The number of non-ortho nitro benzene ring substituents is 1. The average Bonchev–Trinajstić information content (AvgIpc) is 3.12. The van der Waals surface area contributed by atoms with E-state index in [4.69, 9.17) is 0 Å². The Hall–Kier alpha value is -5.94. The molecule has 1 aliphatic rings. The van der Waals surface area contributed by atoms with E-state index in [1.54, 1.807) is 12.1 Å². The van der Waals surface area contributed by atoms with Crippen molar-refractivity contribution in [3.63, 3.8) is 0 Å². The lowest BCUT2D eigenvalue weighted by Crippen LogP contribution is -2.10. The second kappa shape index (κ2) is 12.6. The third-order valence-corrected chi connectivity index (χ3v) is 8.71. The fourth-order valence-corrected chi connectivity index (χ4v) is 6.17. The van der Waals surface area contributed by atoms with Crippen molar-refractivity contribution >= 4 is 44.9 Å². The Bertz CT molecular complexity index is 2060. The monoisotopic (exact) mass is 599 g/mol. The van der Waals surface area contributed by atoms with Crippen LogP contribution in [-0.2, 0) is 0 Å². The van der Waals surface area contributed by atoms with Crippen molar-refractivity contribution in [3.8, 4) is 11.1 Å². The van der Waals surface area contributed by atoms with Gasteiger partial charge in [0.25, 0.3) is 5.69 Å². The minimum Gasteiger partial charge on any atom is -0.344 e. The SMILES string of the molecule is CN(c1ccc(-c2ccc(N(c3ccc(C4C=CC=CC4)cc3)c3cccc4ccccc34)cc2)cc1)c1cccc([N+](=O)[O-])c1. The summed E-state index contributed by atoms with van der Waals surface area (Å²) in [5.41, 5.74) is 8.63. The van der Waals surface area contributed by atoms with Gasteiger partial charge in [-0.1, -0.05) is 103 Å². The zero-order chi connectivity index (χ0) is 31.5. The molecule has 6 aromatic carbocycles. The van der Waals surface area contributed by atoms with E-state index in [0.29, 0.717) is 5.92 Å². The molecule has 0 fully saturated rings. The second-order valence-corrected chi connectivity index (χ2v) is 11.5. The predicted molar refractivity (Wildman–Crippen MR) is 191 cm³/mol. The third-order valence-electron chi connectivity index (χ3n) is 8.71. The van der Waals surface area contributed by atoms with Gasteiger partial charge in [0.1, 0.15) is 0 Å². The van der Waals surface area contributed by atoms with Crippen molar-refractivity contribution in [1.82, 2.24) is 0 Å². The van der Waals surface area contributed by atoms with E-state index in [0.717, 1.165) is 46.0 Å². The summed E-state index contributed by atoms with van der Waals surface area (Å²) in [7, 11) is 1.92. The van der Waals surface area contributed by atoms with E-state index < -0.39 is 0 Å². The van der Waals surface area contributed by atoms with Gasteiger partial charge in [0, 0.05) is 53.2 Å². The summed E-state index contributed by atoms with van der Waals surface area (Å²) in [5, 5.41) is 13.6. The van der Waals surface area contributed by atoms with Crippen LogP contribution in [0.25, 0.3) is 21.9 Å². The summed E-state index contributed by atoms with van der Waals surface area (Å²) in [6.07, 6.45) is 9.77. The highest BCUT2D eigenvalue weighted by atomic mass is 16.6. The van der Waals surface area contributed by atoms with Gasteiger partial charge >= 0.3 is 0 Å². The zero-order valence-electron chi connectivity index (χ0n) is 25.5. The quantitative estimate of drug-likeness (QED) is 0.129. The summed E-state index contributed by atoms with van der Waals surface area (Å²) in [4.78, 5) is 15.2. The predicted octanol–water partition coefficient (Wildman–Crippen LogP) is 11.3. The molecule has 0 amide bonds. The van der Waals surface area contributed by atoms with Crippen molar-refractivity contribution in [1.29, 1.82) is 0 Å². The number of fused-ring (bicyclic) bond motifs is 1. The van der Waals surface area contributed by atoms with Gasteiger partial charge in [0.2, 0.25) is 0 Å². The van der Waals surface area contributed by atoms with Crippen molar-refractivity contribution in [3.05, 3.63) is 180 Å². The first-order valence-electron chi connectivity index (χ1n) is 15.4. The van der Waals surface area contributed by atoms with Crippen LogP contribution in [-0.4, -0.2) is 12.0 Å². The van der Waals surface area contributed by atoms with Crippen LogP contribution in [0.2, 0.25) is 0 Å². The number of allylic oxidation sites excluding steroid dienone is 4. The molecule has 6 aromatic rings. The Morgan fingerprint density at radius 3 is 1.96 bits per heavy atom. The number of nitro benzene ring substituents is 1. The summed E-state index contributed by atoms with van der Waals surface area (Å²) < 4.78 is 0. The molecule has 0 spiro atoms. The molecule has 1 aliphatic carbocycles. The van der Waals surface area contributed by atoms with Gasteiger partial charge in [0.15, 0.2) is 0 Å². The average molecular weight is 600 g/mol. The standard InChI is InChI=1S/C41H33N3O2/c1-42(38-13-8-14-39(29-38)44(45)46)35-23-17-32(18-24-35)33-21-27-37(28-22-33)43(41-16-7-12-34-11-5-6-15-40(34)41)36-25-19-31(20-26-36)30-9-3-2-4-10-30/h2-9,11-30H,10H2,1H3. The number of nitrogens with zero attached hydrogens (tertiary/aromatic N) is 3. The smallest absolute Gasteiger partial charge is 0.271 e. The highest BCUT2D eigenvalue weighted by Crippen LogP contribution is 2.40. The normalized spacial score (nSPS) is 13.9. The maximum atomic E-state index is 11.3. The van der Waals surface area contributed by atoms with Crippen molar-refractivity contribution in [2.75, 3.05) is 16.8 Å². The third kappa shape index (κ3) is 5.78. The van der Waals surface area contributed by atoms with E-state index in [1.165, 1.54) is 22.4 Å². The molecule has 1 unspecified atom stereocenters. The Morgan fingerprint density at radius 1 is 0.652 bits per heavy atom. The highest BCUT2D eigenvalue weighted by molar-refractivity contribution is 5.99. The van der Waals surface area contributed by atoms with Crippen LogP contribution in [0.1, 0.15) is 17.9 Å². The zero-order valence-corrected chi connectivity index (χ0v) is 25.5. The lowest BCUT2D eigenvalue weighted by molar-refractivity contribution is -0.384. The maximum absolute atomic E-state index is 11.3. The molecule has 0 saturated carbocycles. The molecule has 46 heavy (non-hydrogen) atoms. The van der Waals surface area contributed by atoms with Crippen LogP contribution in [0, 0.1) is 10.1 Å². The molecule has 0 aromatic heterocycles. The Labute approximate surface area is 269 Å². The largest absolute Gasteiger partial charge is 0.344 e. The van der Waals surface area contributed by atoms with Crippen LogP contribution in [0.3, 0.4) is 0 Å². The van der Waals surface area contributed by atoms with Crippen LogP contribution >= 0.6 is 0 Å². The van der Waals surface area contributed by atoms with E-state index >= 15 is 0 Å². The van der Waals surface area contributed by atoms with E-state index in [2.05, 4.69) is 132 Å². The first kappa shape index (κ1) is 28.8. The van der Waals surface area contributed by atoms with Crippen molar-refractivity contribution in [2.45, 2.75) is 12.3 Å². The molecule has 5 nitrogen and oxygen atoms in total. The number of hydrogen-bond acceptors (Lipinski definition) is 4. The van der Waals surface area contributed by atoms with E-state index in [-0.39, 0.29) is 10.6 Å². The molecule has 0 N–H and O–H groups in total. The number of benzene rings is 6. The number of hydrogen-bond donors (Lipinski definition) is 0. The topological polar surface area (TPSA) is 49.6 Å². The first-order chi connectivity index (χ1) is 22.5. The first-order valence-corrected chi connectivity index (χ1v) is 15.4.